The molecule has 0 aliphatic rings. The molecular weight excluding hydrogens is 272 g/mol. The molecule has 0 N–H and O–H groups in total. The van der Waals surface area contributed by atoms with E-state index in [1.807, 2.05) is 34.9 Å². The van der Waals surface area contributed by atoms with Crippen LogP contribution in [0.1, 0.15) is 30.9 Å². The smallest absolute Gasteiger partial charge is 0.141 e. The van der Waals surface area contributed by atoms with Gasteiger partial charge in [-0.2, -0.15) is 0 Å². The zero-order chi connectivity index (χ0) is 15.5. The second-order valence-corrected chi connectivity index (χ2v) is 5.55. The minimum atomic E-state index is 0.828. The number of pyridine rings is 1. The summed E-state index contributed by atoms with van der Waals surface area (Å²) in [6.07, 6.45) is 8.81. The van der Waals surface area contributed by atoms with Gasteiger partial charge in [-0.15, -0.1) is 0 Å². The van der Waals surface area contributed by atoms with Crippen LogP contribution in [0.15, 0.2) is 36.5 Å². The number of aromatic nitrogens is 2. The number of unbranched alkanes of at least 4 members (excludes halogenated alkanes) is 1. The first-order chi connectivity index (χ1) is 10.7. The molecule has 3 nitrogen and oxygen atoms in total. The predicted molar refractivity (Wildman–Crippen MR) is 89.4 cm³/mol. The van der Waals surface area contributed by atoms with E-state index in [9.17, 15) is 0 Å². The van der Waals surface area contributed by atoms with Crippen molar-refractivity contribution < 1.29 is 4.74 Å². The molecule has 0 saturated carbocycles. The molecule has 22 heavy (non-hydrogen) atoms. The third kappa shape index (κ3) is 2.59. The van der Waals surface area contributed by atoms with Crippen LogP contribution in [0, 0.1) is 13.1 Å². The number of benzene rings is 1. The van der Waals surface area contributed by atoms with Crippen LogP contribution in [0.5, 0.6) is 5.75 Å². The van der Waals surface area contributed by atoms with Gasteiger partial charge in [-0.25, -0.2) is 4.98 Å². The SMILES string of the molecule is CCCCc1c(C)ccn2[c]c(-c3ccccc3OC)nc12. The number of para-hydroxylation sites is 1. The highest BCUT2D eigenvalue weighted by Gasteiger charge is 2.13. The molecular formula is C19H21N2O. The van der Waals surface area contributed by atoms with Crippen LogP contribution in [0.25, 0.3) is 16.9 Å². The van der Waals surface area contributed by atoms with E-state index in [1.165, 1.54) is 24.0 Å². The number of nitrogens with zero attached hydrogens (tertiary/aromatic N) is 2. The first-order valence-electron chi connectivity index (χ1n) is 7.78. The van der Waals surface area contributed by atoms with E-state index in [-0.39, 0.29) is 0 Å². The number of methoxy groups -OCH3 is 1. The molecule has 0 fully saturated rings. The molecule has 0 aliphatic heterocycles. The molecule has 0 aliphatic carbocycles. The topological polar surface area (TPSA) is 26.5 Å². The Morgan fingerprint density at radius 3 is 2.82 bits per heavy atom. The minimum Gasteiger partial charge on any atom is -0.496 e. The lowest BCUT2D eigenvalue weighted by Crippen LogP contribution is -1.96. The highest BCUT2D eigenvalue weighted by molar-refractivity contribution is 5.70. The van der Waals surface area contributed by atoms with Gasteiger partial charge in [-0.3, -0.25) is 4.40 Å². The number of hydrogen-bond donors (Lipinski definition) is 0. The summed E-state index contributed by atoms with van der Waals surface area (Å²) in [6.45, 7) is 4.37. The summed E-state index contributed by atoms with van der Waals surface area (Å²) in [5, 5.41) is 0. The summed E-state index contributed by atoms with van der Waals surface area (Å²) in [4.78, 5) is 4.83. The maximum absolute atomic E-state index is 5.45. The van der Waals surface area contributed by atoms with E-state index in [0.717, 1.165) is 29.1 Å². The molecule has 3 aromatic rings. The van der Waals surface area contributed by atoms with Crippen molar-refractivity contribution in [3.8, 4) is 17.0 Å². The van der Waals surface area contributed by atoms with Gasteiger partial charge in [-0.1, -0.05) is 25.5 Å². The Kier molecular flexibility index (Phi) is 4.14. The number of fused-ring (bicyclic) bond motifs is 1. The molecule has 3 rings (SSSR count). The molecule has 0 amide bonds. The lowest BCUT2D eigenvalue weighted by atomic mass is 10.1. The number of aryl methyl sites for hydroxylation is 2. The van der Waals surface area contributed by atoms with Gasteiger partial charge in [0.2, 0.25) is 0 Å². The van der Waals surface area contributed by atoms with E-state index in [4.69, 9.17) is 9.72 Å². The summed E-state index contributed by atoms with van der Waals surface area (Å²) in [7, 11) is 1.69. The van der Waals surface area contributed by atoms with Crippen LogP contribution in [0.3, 0.4) is 0 Å². The van der Waals surface area contributed by atoms with Crippen molar-refractivity contribution in [1.82, 2.24) is 9.38 Å². The number of hydrogen-bond acceptors (Lipinski definition) is 2. The second kappa shape index (κ2) is 6.22. The van der Waals surface area contributed by atoms with Gasteiger partial charge in [0.05, 0.1) is 7.11 Å². The van der Waals surface area contributed by atoms with Gasteiger partial charge >= 0.3 is 0 Å². The van der Waals surface area contributed by atoms with Gasteiger partial charge in [0.25, 0.3) is 0 Å². The standard InChI is InChI=1S/C19H21N2O/c1-4-5-8-15-14(2)11-12-21-13-17(20-19(15)21)16-9-6-7-10-18(16)22-3/h6-7,9-12H,4-5,8H2,1-3H3. The Morgan fingerprint density at radius 2 is 2.05 bits per heavy atom. The lowest BCUT2D eigenvalue weighted by molar-refractivity contribution is 0.416. The first-order valence-corrected chi connectivity index (χ1v) is 7.78. The Bertz CT molecular complexity index is 789. The normalized spacial score (nSPS) is 11.0. The van der Waals surface area contributed by atoms with Crippen molar-refractivity contribution in [2.45, 2.75) is 33.1 Å². The third-order valence-corrected chi connectivity index (χ3v) is 4.03. The van der Waals surface area contributed by atoms with Crippen molar-refractivity contribution in [2.24, 2.45) is 0 Å². The molecule has 0 atom stereocenters. The molecule has 1 radical (unpaired) electrons. The van der Waals surface area contributed by atoms with E-state index in [2.05, 4.69) is 26.1 Å². The van der Waals surface area contributed by atoms with Crippen molar-refractivity contribution in [3.63, 3.8) is 0 Å². The van der Waals surface area contributed by atoms with Crippen LogP contribution in [-0.4, -0.2) is 16.5 Å². The fourth-order valence-corrected chi connectivity index (χ4v) is 2.76. The number of rotatable bonds is 5. The highest BCUT2D eigenvalue weighted by Crippen LogP contribution is 2.29. The Labute approximate surface area is 131 Å². The summed E-state index contributed by atoms with van der Waals surface area (Å²) in [5.74, 6) is 0.828. The highest BCUT2D eigenvalue weighted by atomic mass is 16.5. The second-order valence-electron chi connectivity index (χ2n) is 5.55. The zero-order valence-corrected chi connectivity index (χ0v) is 13.4. The number of imidazole rings is 1. The van der Waals surface area contributed by atoms with E-state index in [0.29, 0.717) is 0 Å². The molecule has 0 bridgehead atoms. The molecule has 3 heteroatoms. The molecule has 0 spiro atoms. The number of ether oxygens (including phenoxy) is 1. The third-order valence-electron chi connectivity index (χ3n) is 4.03. The van der Waals surface area contributed by atoms with Crippen molar-refractivity contribution >= 4 is 5.65 Å². The van der Waals surface area contributed by atoms with E-state index < -0.39 is 0 Å². The molecule has 0 saturated heterocycles. The lowest BCUT2D eigenvalue weighted by Gasteiger charge is -2.06. The fraction of sp³-hybridized carbons (Fsp3) is 0.316. The van der Waals surface area contributed by atoms with Crippen LogP contribution >= 0.6 is 0 Å². The molecule has 2 aromatic heterocycles. The maximum Gasteiger partial charge on any atom is 0.141 e. The first kappa shape index (κ1) is 14.6. The average molecular weight is 293 g/mol. The molecule has 1 aromatic carbocycles. The Morgan fingerprint density at radius 1 is 1.23 bits per heavy atom. The van der Waals surface area contributed by atoms with Crippen LogP contribution < -0.4 is 4.74 Å². The van der Waals surface area contributed by atoms with Gasteiger partial charge in [-0.05, 0) is 49.1 Å². The molecule has 113 valence electrons. The van der Waals surface area contributed by atoms with Crippen molar-refractivity contribution in [2.75, 3.05) is 7.11 Å². The Balaban J connectivity index is 2.13. The Hall–Kier alpha value is -2.29. The molecule has 0 unspecified atom stereocenters. The van der Waals surface area contributed by atoms with E-state index in [1.54, 1.807) is 7.11 Å². The van der Waals surface area contributed by atoms with Crippen LogP contribution in [0.4, 0.5) is 0 Å². The van der Waals surface area contributed by atoms with Crippen LogP contribution in [0.2, 0.25) is 0 Å². The monoisotopic (exact) mass is 293 g/mol. The predicted octanol–water partition coefficient (Wildman–Crippen LogP) is 4.46. The van der Waals surface area contributed by atoms with Gasteiger partial charge in [0.15, 0.2) is 0 Å². The van der Waals surface area contributed by atoms with Gasteiger partial charge in [0.1, 0.15) is 23.3 Å². The summed E-state index contributed by atoms with van der Waals surface area (Å²) < 4.78 is 7.45. The molecule has 2 heterocycles. The van der Waals surface area contributed by atoms with Gasteiger partial charge < -0.3 is 4.74 Å². The maximum atomic E-state index is 5.45. The van der Waals surface area contributed by atoms with Gasteiger partial charge in [0, 0.05) is 11.8 Å². The fourth-order valence-electron chi connectivity index (χ4n) is 2.76. The largest absolute Gasteiger partial charge is 0.496 e. The summed E-state index contributed by atoms with van der Waals surface area (Å²) in [6, 6.07) is 10.1. The average Bonchev–Trinajstić information content (AvgIpc) is 2.98. The zero-order valence-electron chi connectivity index (χ0n) is 13.4. The van der Waals surface area contributed by atoms with E-state index >= 15 is 0 Å². The van der Waals surface area contributed by atoms with Crippen molar-refractivity contribution in [1.29, 1.82) is 0 Å². The summed E-state index contributed by atoms with van der Waals surface area (Å²) >= 11 is 0. The quantitative estimate of drug-likeness (QED) is 0.694. The summed E-state index contributed by atoms with van der Waals surface area (Å²) in [5.41, 5.74) is 5.44. The van der Waals surface area contributed by atoms with Crippen molar-refractivity contribution in [3.05, 3.63) is 53.9 Å². The van der Waals surface area contributed by atoms with Crippen LogP contribution in [-0.2, 0) is 6.42 Å². The minimum absolute atomic E-state index is 0.828.